The van der Waals surface area contributed by atoms with Gasteiger partial charge in [0.25, 0.3) is 0 Å². The number of aromatic nitrogens is 2. The number of hydrogen-bond acceptors (Lipinski definition) is 5. The molecule has 2 heterocycles. The molecule has 5 heteroatoms. The summed E-state index contributed by atoms with van der Waals surface area (Å²) in [6, 6.07) is 0.525. The van der Waals surface area contributed by atoms with Crippen LogP contribution in [0.3, 0.4) is 0 Å². The average molecular weight is 281 g/mol. The summed E-state index contributed by atoms with van der Waals surface area (Å²) in [7, 11) is 0. The highest BCUT2D eigenvalue weighted by Gasteiger charge is 2.33. The normalized spacial score (nSPS) is 31.7. The van der Waals surface area contributed by atoms with Crippen molar-refractivity contribution in [3.63, 3.8) is 0 Å². The molecule has 0 amide bonds. The van der Waals surface area contributed by atoms with Crippen molar-refractivity contribution in [3.05, 3.63) is 11.7 Å². The highest BCUT2D eigenvalue weighted by molar-refractivity contribution is 7.99. The number of nitrogens with zero attached hydrogens (tertiary/aromatic N) is 2. The van der Waals surface area contributed by atoms with Gasteiger partial charge in [-0.2, -0.15) is 16.7 Å². The van der Waals surface area contributed by atoms with Crippen molar-refractivity contribution < 1.29 is 4.52 Å². The fraction of sp³-hybridized carbons (Fsp3) is 0.857. The lowest BCUT2D eigenvalue weighted by Crippen LogP contribution is -2.31. The van der Waals surface area contributed by atoms with Crippen LogP contribution in [-0.2, 0) is 0 Å². The van der Waals surface area contributed by atoms with Crippen molar-refractivity contribution in [1.82, 2.24) is 15.5 Å². The topological polar surface area (TPSA) is 51.0 Å². The maximum Gasteiger partial charge on any atom is 0.231 e. The van der Waals surface area contributed by atoms with Crippen LogP contribution in [0.4, 0.5) is 0 Å². The number of hydrogen-bond donors (Lipinski definition) is 1. The van der Waals surface area contributed by atoms with Crippen molar-refractivity contribution in [2.45, 2.75) is 62.7 Å². The minimum atomic E-state index is 0.426. The van der Waals surface area contributed by atoms with Gasteiger partial charge in [-0.25, -0.2) is 0 Å². The molecule has 4 nitrogen and oxygen atoms in total. The van der Waals surface area contributed by atoms with E-state index in [0.717, 1.165) is 18.3 Å². The first-order valence-electron chi connectivity index (χ1n) is 7.57. The quantitative estimate of drug-likeness (QED) is 0.918. The summed E-state index contributed by atoms with van der Waals surface area (Å²) < 4.78 is 5.56. The molecule has 3 atom stereocenters. The van der Waals surface area contributed by atoms with Crippen LogP contribution in [0.25, 0.3) is 0 Å². The first-order valence-corrected chi connectivity index (χ1v) is 8.62. The van der Waals surface area contributed by atoms with Gasteiger partial charge in [-0.3, -0.25) is 0 Å². The zero-order valence-corrected chi connectivity index (χ0v) is 12.4. The van der Waals surface area contributed by atoms with E-state index in [1.54, 1.807) is 0 Å². The molecule has 0 aromatic carbocycles. The third-order valence-electron chi connectivity index (χ3n) is 4.22. The molecule has 3 rings (SSSR count). The number of thioether (sulfide) groups is 1. The van der Waals surface area contributed by atoms with Gasteiger partial charge in [-0.1, -0.05) is 24.9 Å². The van der Waals surface area contributed by atoms with Crippen LogP contribution in [0.5, 0.6) is 0 Å². The Kier molecular flexibility index (Phi) is 4.43. The van der Waals surface area contributed by atoms with E-state index in [0.29, 0.717) is 17.2 Å². The van der Waals surface area contributed by atoms with Gasteiger partial charge in [0.2, 0.25) is 5.89 Å². The molecule has 1 aliphatic carbocycles. The van der Waals surface area contributed by atoms with Crippen LogP contribution in [0, 0.1) is 0 Å². The highest BCUT2D eigenvalue weighted by Crippen LogP contribution is 2.39. The molecule has 2 fully saturated rings. The van der Waals surface area contributed by atoms with Gasteiger partial charge in [0.1, 0.15) is 0 Å². The van der Waals surface area contributed by atoms with Crippen molar-refractivity contribution >= 4 is 11.8 Å². The third-order valence-corrected chi connectivity index (χ3v) is 5.60. The van der Waals surface area contributed by atoms with Crippen LogP contribution >= 0.6 is 11.8 Å². The predicted molar refractivity (Wildman–Crippen MR) is 77.4 cm³/mol. The Labute approximate surface area is 119 Å². The first kappa shape index (κ1) is 13.4. The molecule has 2 aliphatic rings. The first-order chi connectivity index (χ1) is 9.38. The standard InChI is InChI=1S/C14H23N3OS/c1-2-15-11-7-5-6-10(11)14-16-13(17-18-14)12-8-3-4-9-19-12/h10-12,15H,2-9H2,1H3. The van der Waals surface area contributed by atoms with E-state index in [1.165, 1.54) is 44.3 Å². The second-order valence-corrected chi connectivity index (χ2v) is 6.86. The summed E-state index contributed by atoms with van der Waals surface area (Å²) in [5.74, 6) is 3.46. The zero-order chi connectivity index (χ0) is 13.1. The highest BCUT2D eigenvalue weighted by atomic mass is 32.2. The van der Waals surface area contributed by atoms with E-state index < -0.39 is 0 Å². The number of rotatable bonds is 4. The Morgan fingerprint density at radius 3 is 3.00 bits per heavy atom. The van der Waals surface area contributed by atoms with Gasteiger partial charge in [0.15, 0.2) is 5.82 Å². The Morgan fingerprint density at radius 1 is 1.26 bits per heavy atom. The van der Waals surface area contributed by atoms with Crippen LogP contribution in [-0.4, -0.2) is 28.5 Å². The van der Waals surface area contributed by atoms with E-state index in [1.807, 2.05) is 11.8 Å². The second-order valence-electron chi connectivity index (χ2n) is 5.55. The third kappa shape index (κ3) is 2.97. The summed E-state index contributed by atoms with van der Waals surface area (Å²) in [5.41, 5.74) is 0. The van der Waals surface area contributed by atoms with Crippen LogP contribution < -0.4 is 5.32 Å². The molecular weight excluding hydrogens is 258 g/mol. The van der Waals surface area contributed by atoms with E-state index >= 15 is 0 Å². The van der Waals surface area contributed by atoms with Crippen LogP contribution in [0.15, 0.2) is 4.52 Å². The SMILES string of the molecule is CCNC1CCCC1c1nc(C2CCCCS2)no1. The summed E-state index contributed by atoms with van der Waals surface area (Å²) in [6.07, 6.45) is 7.50. The van der Waals surface area contributed by atoms with Gasteiger partial charge >= 0.3 is 0 Å². The van der Waals surface area contributed by atoms with Crippen molar-refractivity contribution in [1.29, 1.82) is 0 Å². The van der Waals surface area contributed by atoms with E-state index in [2.05, 4.69) is 17.4 Å². The second kappa shape index (κ2) is 6.27. The Balaban J connectivity index is 1.69. The Morgan fingerprint density at radius 2 is 2.21 bits per heavy atom. The fourth-order valence-electron chi connectivity index (χ4n) is 3.24. The van der Waals surface area contributed by atoms with E-state index in [-0.39, 0.29) is 0 Å². The Bertz CT molecular complexity index is 403. The minimum Gasteiger partial charge on any atom is -0.339 e. The molecule has 19 heavy (non-hydrogen) atoms. The van der Waals surface area contributed by atoms with Gasteiger partial charge in [0, 0.05) is 6.04 Å². The summed E-state index contributed by atoms with van der Waals surface area (Å²) in [5, 5.41) is 8.26. The molecule has 1 aromatic rings. The fourth-order valence-corrected chi connectivity index (χ4v) is 4.47. The monoisotopic (exact) mass is 281 g/mol. The lowest BCUT2D eigenvalue weighted by molar-refractivity contribution is 0.328. The average Bonchev–Trinajstić information content (AvgIpc) is 3.08. The molecule has 0 spiro atoms. The maximum absolute atomic E-state index is 5.56. The van der Waals surface area contributed by atoms with E-state index in [4.69, 9.17) is 9.51 Å². The van der Waals surface area contributed by atoms with Crippen LogP contribution in [0.2, 0.25) is 0 Å². The van der Waals surface area contributed by atoms with Crippen molar-refractivity contribution in [2.24, 2.45) is 0 Å². The summed E-state index contributed by atoms with van der Waals surface area (Å²) in [4.78, 5) is 4.71. The van der Waals surface area contributed by atoms with Crippen molar-refractivity contribution in [2.75, 3.05) is 12.3 Å². The lowest BCUT2D eigenvalue weighted by Gasteiger charge is -2.18. The number of nitrogens with one attached hydrogen (secondary N) is 1. The molecule has 3 unspecified atom stereocenters. The summed E-state index contributed by atoms with van der Waals surface area (Å²) >= 11 is 1.98. The Hall–Kier alpha value is -0.550. The van der Waals surface area contributed by atoms with Gasteiger partial charge in [-0.15, -0.1) is 0 Å². The smallest absolute Gasteiger partial charge is 0.231 e. The van der Waals surface area contributed by atoms with Gasteiger partial charge in [-0.05, 0) is 38.0 Å². The molecule has 0 bridgehead atoms. The lowest BCUT2D eigenvalue weighted by atomic mass is 10.0. The van der Waals surface area contributed by atoms with Gasteiger partial charge < -0.3 is 9.84 Å². The number of likely N-dealkylation sites (N-methyl/N-ethyl adjacent to an activating group) is 1. The molecule has 1 N–H and O–H groups in total. The molecular formula is C14H23N3OS. The summed E-state index contributed by atoms with van der Waals surface area (Å²) in [6.45, 7) is 3.17. The predicted octanol–water partition coefficient (Wildman–Crippen LogP) is 3.27. The molecule has 1 aromatic heterocycles. The molecule has 1 saturated carbocycles. The van der Waals surface area contributed by atoms with E-state index in [9.17, 15) is 0 Å². The largest absolute Gasteiger partial charge is 0.339 e. The van der Waals surface area contributed by atoms with Crippen molar-refractivity contribution in [3.8, 4) is 0 Å². The van der Waals surface area contributed by atoms with Crippen LogP contribution in [0.1, 0.15) is 68.3 Å². The molecule has 0 radical (unpaired) electrons. The van der Waals surface area contributed by atoms with Gasteiger partial charge in [0.05, 0.1) is 11.2 Å². The zero-order valence-electron chi connectivity index (χ0n) is 11.6. The molecule has 106 valence electrons. The maximum atomic E-state index is 5.56. The molecule has 1 aliphatic heterocycles. The minimum absolute atomic E-state index is 0.426. The molecule has 1 saturated heterocycles.